The molecule has 1 aliphatic rings. The molecule has 0 fully saturated rings. The smallest absolute Gasteiger partial charge is 0.160 e. The number of hydrogen-bond donors (Lipinski definition) is 0. The molecule has 10 rings (SSSR count). The molecule has 0 radical (unpaired) electrons. The van der Waals surface area contributed by atoms with E-state index in [1.54, 1.807) is 0 Å². The average Bonchev–Trinajstić information content (AvgIpc) is 3.66. The van der Waals surface area contributed by atoms with Crippen LogP contribution < -0.4 is 0 Å². The summed E-state index contributed by atoms with van der Waals surface area (Å²) in [4.78, 5) is 10.2. The lowest BCUT2D eigenvalue weighted by atomic mass is 9.81. The highest BCUT2D eigenvalue weighted by atomic mass is 15.0. The molecule has 0 N–H and O–H groups in total. The first-order valence-electron chi connectivity index (χ1n) is 17.9. The maximum absolute atomic E-state index is 5.15. The molecule has 9 aromatic rings. The Morgan fingerprint density at radius 3 is 1.77 bits per heavy atom. The standard InChI is InChI=1S/C49H35N3/c1-49(2)42-21-13-12-20-38(42)39-25-22-35(29-43(39)49)34-24-27-46-41(28-34)40-26-23-36(30-47(40)52(46)37-18-10-5-11-19-37)45-31-44(32-14-6-3-7-15-32)50-48(51-45)33-16-8-4-9-17-33/h3-31H,1-2H3. The molecule has 0 saturated heterocycles. The molecular weight excluding hydrogens is 631 g/mol. The van der Waals surface area contributed by atoms with E-state index in [9.17, 15) is 0 Å². The van der Waals surface area contributed by atoms with Crippen LogP contribution in [-0.2, 0) is 5.41 Å². The summed E-state index contributed by atoms with van der Waals surface area (Å²) in [5.41, 5.74) is 16.2. The third kappa shape index (κ3) is 4.81. The van der Waals surface area contributed by atoms with Crippen LogP contribution in [0.3, 0.4) is 0 Å². The largest absolute Gasteiger partial charge is 0.309 e. The summed E-state index contributed by atoms with van der Waals surface area (Å²) >= 11 is 0. The van der Waals surface area contributed by atoms with Gasteiger partial charge in [-0.2, -0.15) is 0 Å². The van der Waals surface area contributed by atoms with Gasteiger partial charge in [0.15, 0.2) is 5.82 Å². The van der Waals surface area contributed by atoms with E-state index >= 15 is 0 Å². The van der Waals surface area contributed by atoms with Crippen molar-refractivity contribution in [3.63, 3.8) is 0 Å². The second kappa shape index (κ2) is 11.8. The van der Waals surface area contributed by atoms with Crippen molar-refractivity contribution >= 4 is 21.8 Å². The molecule has 0 unspecified atom stereocenters. The molecule has 0 saturated carbocycles. The fourth-order valence-electron chi connectivity index (χ4n) is 8.17. The van der Waals surface area contributed by atoms with Gasteiger partial charge in [0.25, 0.3) is 0 Å². The maximum Gasteiger partial charge on any atom is 0.160 e. The van der Waals surface area contributed by atoms with Crippen LogP contribution in [0.2, 0.25) is 0 Å². The van der Waals surface area contributed by atoms with Crippen molar-refractivity contribution < 1.29 is 0 Å². The highest BCUT2D eigenvalue weighted by molar-refractivity contribution is 6.11. The van der Waals surface area contributed by atoms with E-state index in [-0.39, 0.29) is 5.41 Å². The van der Waals surface area contributed by atoms with Gasteiger partial charge in [0.1, 0.15) is 0 Å². The van der Waals surface area contributed by atoms with E-state index in [1.165, 1.54) is 49.7 Å². The molecule has 0 aliphatic heterocycles. The van der Waals surface area contributed by atoms with Gasteiger partial charge in [-0.3, -0.25) is 0 Å². The van der Waals surface area contributed by atoms with Crippen LogP contribution in [0.4, 0.5) is 0 Å². The van der Waals surface area contributed by atoms with E-state index in [0.29, 0.717) is 5.82 Å². The molecule has 0 atom stereocenters. The predicted octanol–water partition coefficient (Wildman–Crippen LogP) is 12.5. The Bertz CT molecular complexity index is 2740. The SMILES string of the molecule is CC1(C)c2ccccc2-c2ccc(-c3ccc4c(c3)c3ccc(-c5cc(-c6ccccc6)nc(-c6ccccc6)n5)cc3n4-c3ccccc3)cc21. The van der Waals surface area contributed by atoms with Crippen molar-refractivity contribution in [3.8, 4) is 61.8 Å². The molecule has 246 valence electrons. The number of aromatic nitrogens is 3. The van der Waals surface area contributed by atoms with Gasteiger partial charge in [-0.05, 0) is 75.8 Å². The topological polar surface area (TPSA) is 30.7 Å². The summed E-state index contributed by atoms with van der Waals surface area (Å²) in [5, 5.41) is 2.43. The normalized spacial score (nSPS) is 13.0. The first-order valence-corrected chi connectivity index (χ1v) is 17.9. The zero-order valence-corrected chi connectivity index (χ0v) is 29.1. The van der Waals surface area contributed by atoms with Crippen molar-refractivity contribution in [1.82, 2.24) is 14.5 Å². The van der Waals surface area contributed by atoms with Gasteiger partial charge in [-0.15, -0.1) is 0 Å². The summed E-state index contributed by atoms with van der Waals surface area (Å²) in [6.07, 6.45) is 0. The highest BCUT2D eigenvalue weighted by Crippen LogP contribution is 2.49. The van der Waals surface area contributed by atoms with E-state index in [4.69, 9.17) is 9.97 Å². The molecule has 0 spiro atoms. The minimum Gasteiger partial charge on any atom is -0.309 e. The van der Waals surface area contributed by atoms with Crippen LogP contribution in [0.25, 0.3) is 83.6 Å². The Morgan fingerprint density at radius 1 is 0.404 bits per heavy atom. The maximum atomic E-state index is 5.15. The number of nitrogens with zero attached hydrogens (tertiary/aromatic N) is 3. The Hall–Kier alpha value is -6.58. The number of fused-ring (bicyclic) bond motifs is 6. The Kier molecular flexibility index (Phi) is 6.84. The third-order valence-electron chi connectivity index (χ3n) is 10.8. The van der Waals surface area contributed by atoms with Crippen LogP contribution in [0, 0.1) is 0 Å². The van der Waals surface area contributed by atoms with Crippen LogP contribution in [-0.4, -0.2) is 14.5 Å². The fourth-order valence-corrected chi connectivity index (χ4v) is 8.17. The minimum atomic E-state index is -0.0481. The van der Waals surface area contributed by atoms with E-state index in [2.05, 4.69) is 170 Å². The summed E-state index contributed by atoms with van der Waals surface area (Å²) in [7, 11) is 0. The van der Waals surface area contributed by atoms with Gasteiger partial charge in [0.2, 0.25) is 0 Å². The summed E-state index contributed by atoms with van der Waals surface area (Å²) in [6, 6.07) is 63.0. The number of hydrogen-bond acceptors (Lipinski definition) is 2. The molecule has 1 aliphatic carbocycles. The van der Waals surface area contributed by atoms with Gasteiger partial charge in [0.05, 0.1) is 22.4 Å². The average molecular weight is 666 g/mol. The van der Waals surface area contributed by atoms with Crippen molar-refractivity contribution in [1.29, 1.82) is 0 Å². The van der Waals surface area contributed by atoms with Crippen molar-refractivity contribution in [2.45, 2.75) is 19.3 Å². The van der Waals surface area contributed by atoms with Crippen LogP contribution in [0.15, 0.2) is 176 Å². The molecular formula is C49H35N3. The zero-order chi connectivity index (χ0) is 34.8. The minimum absolute atomic E-state index is 0.0481. The van der Waals surface area contributed by atoms with E-state index < -0.39 is 0 Å². The van der Waals surface area contributed by atoms with Gasteiger partial charge in [-0.25, -0.2) is 9.97 Å². The van der Waals surface area contributed by atoms with Gasteiger partial charge in [-0.1, -0.05) is 147 Å². The molecule has 2 heterocycles. The predicted molar refractivity (Wildman–Crippen MR) is 216 cm³/mol. The summed E-state index contributed by atoms with van der Waals surface area (Å²) in [6.45, 7) is 4.69. The van der Waals surface area contributed by atoms with Crippen LogP contribution in [0.1, 0.15) is 25.0 Å². The summed E-state index contributed by atoms with van der Waals surface area (Å²) in [5.74, 6) is 0.714. The van der Waals surface area contributed by atoms with Gasteiger partial charge >= 0.3 is 0 Å². The van der Waals surface area contributed by atoms with Crippen LogP contribution in [0.5, 0.6) is 0 Å². The first kappa shape index (κ1) is 30.3. The molecule has 3 heteroatoms. The zero-order valence-electron chi connectivity index (χ0n) is 29.1. The van der Waals surface area contributed by atoms with Crippen molar-refractivity contribution in [2.24, 2.45) is 0 Å². The third-order valence-corrected chi connectivity index (χ3v) is 10.8. The van der Waals surface area contributed by atoms with Gasteiger partial charge in [0, 0.05) is 38.6 Å². The lowest BCUT2D eigenvalue weighted by molar-refractivity contribution is 0.660. The highest BCUT2D eigenvalue weighted by Gasteiger charge is 2.35. The Labute approximate surface area is 303 Å². The Balaban J connectivity index is 1.15. The molecule has 7 aromatic carbocycles. The van der Waals surface area contributed by atoms with Crippen molar-refractivity contribution in [3.05, 3.63) is 187 Å². The fraction of sp³-hybridized carbons (Fsp3) is 0.0612. The second-order valence-corrected chi connectivity index (χ2v) is 14.3. The van der Waals surface area contributed by atoms with Crippen LogP contribution >= 0.6 is 0 Å². The Morgan fingerprint density at radius 2 is 1.00 bits per heavy atom. The number of rotatable bonds is 5. The summed E-state index contributed by atoms with van der Waals surface area (Å²) < 4.78 is 2.39. The lowest BCUT2D eigenvalue weighted by Gasteiger charge is -2.22. The first-order chi connectivity index (χ1) is 25.5. The molecule has 3 nitrogen and oxygen atoms in total. The number of para-hydroxylation sites is 1. The molecule has 2 aromatic heterocycles. The molecule has 0 bridgehead atoms. The monoisotopic (exact) mass is 665 g/mol. The van der Waals surface area contributed by atoms with Gasteiger partial charge < -0.3 is 4.57 Å². The number of benzene rings is 7. The van der Waals surface area contributed by atoms with E-state index in [0.717, 1.165) is 39.3 Å². The molecule has 52 heavy (non-hydrogen) atoms. The molecule has 0 amide bonds. The second-order valence-electron chi connectivity index (χ2n) is 14.3. The van der Waals surface area contributed by atoms with E-state index in [1.807, 2.05) is 24.3 Å². The quantitative estimate of drug-likeness (QED) is 0.183. The van der Waals surface area contributed by atoms with Crippen molar-refractivity contribution in [2.75, 3.05) is 0 Å². The lowest BCUT2D eigenvalue weighted by Crippen LogP contribution is -2.14.